The van der Waals surface area contributed by atoms with Crippen molar-refractivity contribution in [2.75, 3.05) is 13.7 Å². The van der Waals surface area contributed by atoms with Gasteiger partial charge in [0.25, 0.3) is 11.5 Å². The summed E-state index contributed by atoms with van der Waals surface area (Å²) >= 11 is 5.89. The fourth-order valence-electron chi connectivity index (χ4n) is 2.92. The van der Waals surface area contributed by atoms with Crippen molar-refractivity contribution in [3.8, 4) is 5.75 Å². The SMILES string of the molecule is COc1ccc(C)c2cc(CCNC(=O)c3c(F)cccc3Cl)c(=O)[nH]c12. The van der Waals surface area contributed by atoms with Gasteiger partial charge in [0.1, 0.15) is 11.6 Å². The van der Waals surface area contributed by atoms with E-state index in [0.717, 1.165) is 10.9 Å². The van der Waals surface area contributed by atoms with Crippen LogP contribution < -0.4 is 15.6 Å². The Bertz CT molecular complexity index is 1060. The van der Waals surface area contributed by atoms with Crippen LogP contribution in [-0.4, -0.2) is 24.5 Å². The van der Waals surface area contributed by atoms with Crippen LogP contribution in [0.1, 0.15) is 21.5 Å². The number of benzene rings is 2. The number of carbonyl (C=O) groups excluding carboxylic acids is 1. The molecule has 2 aromatic carbocycles. The zero-order chi connectivity index (χ0) is 19.6. The van der Waals surface area contributed by atoms with Crippen LogP contribution in [0.15, 0.2) is 41.2 Å². The predicted molar refractivity (Wildman–Crippen MR) is 103 cm³/mol. The van der Waals surface area contributed by atoms with Gasteiger partial charge in [0.2, 0.25) is 0 Å². The monoisotopic (exact) mass is 388 g/mol. The minimum atomic E-state index is -0.689. The molecule has 3 rings (SSSR count). The zero-order valence-electron chi connectivity index (χ0n) is 14.9. The summed E-state index contributed by atoms with van der Waals surface area (Å²) < 4.78 is 19.1. The van der Waals surface area contributed by atoms with Gasteiger partial charge in [-0.2, -0.15) is 0 Å². The number of aromatic amines is 1. The van der Waals surface area contributed by atoms with Crippen LogP contribution in [0.3, 0.4) is 0 Å². The Balaban J connectivity index is 1.80. The summed E-state index contributed by atoms with van der Waals surface area (Å²) in [5.41, 5.74) is 1.68. The van der Waals surface area contributed by atoms with E-state index < -0.39 is 11.7 Å². The first-order chi connectivity index (χ1) is 12.9. The number of ether oxygens (including phenoxy) is 1. The summed E-state index contributed by atoms with van der Waals surface area (Å²) in [7, 11) is 1.54. The molecule has 0 saturated carbocycles. The number of carbonyl (C=O) groups is 1. The maximum absolute atomic E-state index is 13.8. The Morgan fingerprint density at radius 2 is 2.07 bits per heavy atom. The largest absolute Gasteiger partial charge is 0.495 e. The standard InChI is InChI=1S/C20H18ClFN2O3/c1-11-6-7-16(27-2)18-13(11)10-12(19(25)24-18)8-9-23-20(26)17-14(21)4-3-5-15(17)22/h3-7,10H,8-9H2,1-2H3,(H,23,26)(H,24,25). The average Bonchev–Trinajstić information content (AvgIpc) is 2.63. The lowest BCUT2D eigenvalue weighted by molar-refractivity contribution is 0.0950. The second-order valence-electron chi connectivity index (χ2n) is 6.10. The third kappa shape index (κ3) is 3.80. The van der Waals surface area contributed by atoms with Gasteiger partial charge in [-0.3, -0.25) is 9.59 Å². The summed E-state index contributed by atoms with van der Waals surface area (Å²) in [5.74, 6) is -0.721. The van der Waals surface area contributed by atoms with Gasteiger partial charge in [-0.1, -0.05) is 23.7 Å². The number of aromatic nitrogens is 1. The number of hydrogen-bond acceptors (Lipinski definition) is 3. The van der Waals surface area contributed by atoms with Crippen LogP contribution in [0.25, 0.3) is 10.9 Å². The van der Waals surface area contributed by atoms with E-state index in [1.807, 2.05) is 13.0 Å². The molecule has 0 saturated heterocycles. The van der Waals surface area contributed by atoms with Crippen molar-refractivity contribution in [2.24, 2.45) is 0 Å². The molecule has 0 spiro atoms. The van der Waals surface area contributed by atoms with Crippen LogP contribution in [0.4, 0.5) is 4.39 Å². The van der Waals surface area contributed by atoms with Gasteiger partial charge in [0.05, 0.1) is 23.2 Å². The van der Waals surface area contributed by atoms with E-state index in [2.05, 4.69) is 10.3 Å². The molecule has 0 radical (unpaired) electrons. The summed E-state index contributed by atoms with van der Waals surface area (Å²) in [6.07, 6.45) is 0.291. The normalized spacial score (nSPS) is 10.8. The molecule has 2 N–H and O–H groups in total. The number of fused-ring (bicyclic) bond motifs is 1. The smallest absolute Gasteiger partial charge is 0.255 e. The maximum Gasteiger partial charge on any atom is 0.255 e. The molecule has 27 heavy (non-hydrogen) atoms. The number of aryl methyl sites for hydroxylation is 1. The van der Waals surface area contributed by atoms with Gasteiger partial charge >= 0.3 is 0 Å². The van der Waals surface area contributed by atoms with Crippen LogP contribution in [0.5, 0.6) is 5.75 Å². The van der Waals surface area contributed by atoms with Crippen LogP contribution in [0.2, 0.25) is 5.02 Å². The molecule has 5 nitrogen and oxygen atoms in total. The van der Waals surface area contributed by atoms with Gasteiger partial charge in [0, 0.05) is 17.5 Å². The molecule has 0 unspecified atom stereocenters. The first-order valence-corrected chi connectivity index (χ1v) is 8.72. The highest BCUT2D eigenvalue weighted by atomic mass is 35.5. The van der Waals surface area contributed by atoms with Crippen LogP contribution >= 0.6 is 11.6 Å². The second kappa shape index (κ2) is 7.80. The van der Waals surface area contributed by atoms with Crippen LogP contribution in [-0.2, 0) is 6.42 Å². The number of H-pyrrole nitrogens is 1. The van der Waals surface area contributed by atoms with Crippen molar-refractivity contribution in [1.82, 2.24) is 10.3 Å². The summed E-state index contributed by atoms with van der Waals surface area (Å²) in [6.45, 7) is 2.10. The van der Waals surface area contributed by atoms with E-state index >= 15 is 0 Å². The summed E-state index contributed by atoms with van der Waals surface area (Å²) in [5, 5.41) is 3.51. The predicted octanol–water partition coefficient (Wildman–Crippen LogP) is 3.61. The number of hydrogen-bond donors (Lipinski definition) is 2. The van der Waals surface area contributed by atoms with E-state index in [1.165, 1.54) is 18.2 Å². The second-order valence-corrected chi connectivity index (χ2v) is 6.51. The lowest BCUT2D eigenvalue weighted by Gasteiger charge is -2.10. The van der Waals surface area contributed by atoms with Crippen molar-refractivity contribution in [2.45, 2.75) is 13.3 Å². The molecule has 0 atom stereocenters. The first kappa shape index (κ1) is 18.9. The molecule has 3 aromatic rings. The van der Waals surface area contributed by atoms with Crippen LogP contribution in [0, 0.1) is 12.7 Å². The lowest BCUT2D eigenvalue weighted by atomic mass is 10.1. The Hall–Kier alpha value is -2.86. The lowest BCUT2D eigenvalue weighted by Crippen LogP contribution is -2.28. The molecule has 1 aromatic heterocycles. The fraction of sp³-hybridized carbons (Fsp3) is 0.200. The van der Waals surface area contributed by atoms with Crippen molar-refractivity contribution in [1.29, 1.82) is 0 Å². The first-order valence-electron chi connectivity index (χ1n) is 8.34. The third-order valence-corrected chi connectivity index (χ3v) is 4.68. The minimum Gasteiger partial charge on any atom is -0.495 e. The Kier molecular flexibility index (Phi) is 5.46. The minimum absolute atomic E-state index is 0.0405. The molecule has 1 amide bonds. The van der Waals surface area contributed by atoms with Gasteiger partial charge in [-0.25, -0.2) is 4.39 Å². The van der Waals surface area contributed by atoms with E-state index in [9.17, 15) is 14.0 Å². The number of methoxy groups -OCH3 is 1. The maximum atomic E-state index is 13.8. The molecule has 1 heterocycles. The highest BCUT2D eigenvalue weighted by molar-refractivity contribution is 6.33. The van der Waals surface area contributed by atoms with Crippen molar-refractivity contribution < 1.29 is 13.9 Å². The van der Waals surface area contributed by atoms with E-state index in [4.69, 9.17) is 16.3 Å². The summed E-state index contributed by atoms with van der Waals surface area (Å²) in [6, 6.07) is 9.54. The molecule has 0 fully saturated rings. The van der Waals surface area contributed by atoms with Crippen molar-refractivity contribution in [3.63, 3.8) is 0 Å². The Morgan fingerprint density at radius 3 is 2.78 bits per heavy atom. The molecule has 140 valence electrons. The third-order valence-electron chi connectivity index (χ3n) is 4.36. The van der Waals surface area contributed by atoms with Gasteiger partial charge in [-0.05, 0) is 43.2 Å². The highest BCUT2D eigenvalue weighted by Crippen LogP contribution is 2.26. The van der Waals surface area contributed by atoms with Crippen molar-refractivity contribution in [3.05, 3.63) is 74.3 Å². The van der Waals surface area contributed by atoms with E-state index in [0.29, 0.717) is 23.3 Å². The van der Waals surface area contributed by atoms with Crippen molar-refractivity contribution >= 4 is 28.4 Å². The number of pyridine rings is 1. The number of rotatable bonds is 5. The number of halogens is 2. The highest BCUT2D eigenvalue weighted by Gasteiger charge is 2.15. The molecular weight excluding hydrogens is 371 g/mol. The van der Waals surface area contributed by atoms with Gasteiger partial charge in [-0.15, -0.1) is 0 Å². The fourth-order valence-corrected chi connectivity index (χ4v) is 3.17. The molecule has 0 bridgehead atoms. The van der Waals surface area contributed by atoms with Gasteiger partial charge in [0.15, 0.2) is 0 Å². The Labute approximate surface area is 160 Å². The number of amides is 1. The molecular formula is C20H18ClFN2O3. The number of nitrogens with one attached hydrogen (secondary N) is 2. The average molecular weight is 389 g/mol. The topological polar surface area (TPSA) is 71.2 Å². The van der Waals surface area contributed by atoms with E-state index in [1.54, 1.807) is 19.2 Å². The van der Waals surface area contributed by atoms with E-state index in [-0.39, 0.29) is 22.7 Å². The van der Waals surface area contributed by atoms with Gasteiger partial charge < -0.3 is 15.0 Å². The summed E-state index contributed by atoms with van der Waals surface area (Å²) in [4.78, 5) is 27.4. The molecule has 0 aliphatic rings. The molecule has 7 heteroatoms. The Morgan fingerprint density at radius 1 is 1.30 bits per heavy atom. The molecule has 0 aliphatic heterocycles. The zero-order valence-corrected chi connectivity index (χ0v) is 15.6. The quantitative estimate of drug-likeness (QED) is 0.701. The molecule has 0 aliphatic carbocycles.